The van der Waals surface area contributed by atoms with Gasteiger partial charge in [0, 0.05) is 38.6 Å². The van der Waals surface area contributed by atoms with Crippen molar-refractivity contribution in [2.45, 2.75) is 19.6 Å². The molecule has 0 radical (unpaired) electrons. The van der Waals surface area contributed by atoms with Gasteiger partial charge in [-0.25, -0.2) is 0 Å². The quantitative estimate of drug-likeness (QED) is 0.892. The van der Waals surface area contributed by atoms with E-state index in [1.54, 1.807) is 0 Å². The van der Waals surface area contributed by atoms with Crippen LogP contribution in [0.3, 0.4) is 0 Å². The number of fused-ring (bicyclic) bond motifs is 1. The number of pyridine rings is 1. The minimum Gasteiger partial charge on any atom is -0.388 e. The smallest absolute Gasteiger partial charge is 0.0544 e. The fraction of sp³-hybridized carbons (Fsp3) is 0.267. The Balaban J connectivity index is 1.77. The normalized spacial score (nSPS) is 14.5. The SMILES string of the molecule is CNc1cccc2c1CN(Cc1ccccn1)C2. The lowest BCUT2D eigenvalue weighted by Gasteiger charge is -2.14. The first kappa shape index (κ1) is 11.2. The Morgan fingerprint density at radius 3 is 2.89 bits per heavy atom. The lowest BCUT2D eigenvalue weighted by molar-refractivity contribution is 0.272. The number of nitrogens with zero attached hydrogens (tertiary/aromatic N) is 2. The number of nitrogens with one attached hydrogen (secondary N) is 1. The molecule has 2 aromatic rings. The number of hydrogen-bond donors (Lipinski definition) is 1. The van der Waals surface area contributed by atoms with E-state index in [9.17, 15) is 0 Å². The summed E-state index contributed by atoms with van der Waals surface area (Å²) in [4.78, 5) is 6.81. The molecule has 3 nitrogen and oxygen atoms in total. The van der Waals surface area contributed by atoms with Gasteiger partial charge in [-0.2, -0.15) is 0 Å². The van der Waals surface area contributed by atoms with E-state index in [1.807, 2.05) is 25.4 Å². The summed E-state index contributed by atoms with van der Waals surface area (Å²) >= 11 is 0. The van der Waals surface area contributed by atoms with Crippen LogP contribution >= 0.6 is 0 Å². The molecule has 92 valence electrons. The maximum atomic E-state index is 4.39. The Morgan fingerprint density at radius 1 is 1.17 bits per heavy atom. The molecule has 0 saturated heterocycles. The van der Waals surface area contributed by atoms with Gasteiger partial charge in [-0.05, 0) is 29.3 Å². The van der Waals surface area contributed by atoms with Crippen molar-refractivity contribution < 1.29 is 0 Å². The van der Waals surface area contributed by atoms with Crippen molar-refractivity contribution in [3.05, 3.63) is 59.4 Å². The van der Waals surface area contributed by atoms with Gasteiger partial charge >= 0.3 is 0 Å². The molecule has 0 aliphatic carbocycles. The Bertz CT molecular complexity index is 537. The van der Waals surface area contributed by atoms with Gasteiger partial charge in [-0.1, -0.05) is 18.2 Å². The molecule has 1 aromatic heterocycles. The first-order chi connectivity index (χ1) is 8.86. The molecule has 0 spiro atoms. The highest BCUT2D eigenvalue weighted by molar-refractivity contribution is 5.55. The molecule has 0 bridgehead atoms. The minimum atomic E-state index is 0.915. The maximum absolute atomic E-state index is 4.39. The van der Waals surface area contributed by atoms with E-state index in [1.165, 1.54) is 16.8 Å². The number of aromatic nitrogens is 1. The highest BCUT2D eigenvalue weighted by Crippen LogP contribution is 2.29. The van der Waals surface area contributed by atoms with Crippen molar-refractivity contribution in [2.75, 3.05) is 12.4 Å². The molecule has 0 amide bonds. The van der Waals surface area contributed by atoms with Gasteiger partial charge in [0.15, 0.2) is 0 Å². The van der Waals surface area contributed by atoms with Crippen LogP contribution in [0, 0.1) is 0 Å². The van der Waals surface area contributed by atoms with Crippen LogP contribution in [-0.2, 0) is 19.6 Å². The zero-order valence-electron chi connectivity index (χ0n) is 10.6. The second-order valence-electron chi connectivity index (χ2n) is 4.66. The van der Waals surface area contributed by atoms with E-state index in [-0.39, 0.29) is 0 Å². The summed E-state index contributed by atoms with van der Waals surface area (Å²) in [6.07, 6.45) is 1.86. The largest absolute Gasteiger partial charge is 0.388 e. The summed E-state index contributed by atoms with van der Waals surface area (Å²) in [6, 6.07) is 12.6. The maximum Gasteiger partial charge on any atom is 0.0544 e. The van der Waals surface area contributed by atoms with E-state index < -0.39 is 0 Å². The molecule has 3 rings (SSSR count). The zero-order valence-corrected chi connectivity index (χ0v) is 10.6. The van der Waals surface area contributed by atoms with Crippen LogP contribution in [0.5, 0.6) is 0 Å². The summed E-state index contributed by atoms with van der Waals surface area (Å²) in [7, 11) is 1.98. The number of rotatable bonds is 3. The van der Waals surface area contributed by atoms with Crippen LogP contribution in [0.4, 0.5) is 5.69 Å². The molecule has 18 heavy (non-hydrogen) atoms. The van der Waals surface area contributed by atoms with E-state index in [4.69, 9.17) is 0 Å². The van der Waals surface area contributed by atoms with Crippen molar-refractivity contribution >= 4 is 5.69 Å². The van der Waals surface area contributed by atoms with E-state index in [0.29, 0.717) is 0 Å². The molecule has 0 fully saturated rings. The second-order valence-corrected chi connectivity index (χ2v) is 4.66. The third-order valence-corrected chi connectivity index (χ3v) is 3.43. The Kier molecular flexibility index (Phi) is 2.99. The van der Waals surface area contributed by atoms with Crippen molar-refractivity contribution in [1.29, 1.82) is 0 Å². The zero-order chi connectivity index (χ0) is 12.4. The molecule has 0 unspecified atom stereocenters. The standard InChI is InChI=1S/C15H17N3/c1-16-15-7-4-5-12-9-18(11-14(12)15)10-13-6-2-3-8-17-13/h2-8,16H,9-11H2,1H3. The van der Waals surface area contributed by atoms with Crippen molar-refractivity contribution in [2.24, 2.45) is 0 Å². The summed E-state index contributed by atoms with van der Waals surface area (Å²) in [6.45, 7) is 2.93. The molecule has 1 aromatic carbocycles. The summed E-state index contributed by atoms with van der Waals surface area (Å²) in [5, 5.41) is 3.27. The number of benzene rings is 1. The predicted octanol–water partition coefficient (Wildman–Crippen LogP) is 2.64. The Hall–Kier alpha value is -1.87. The van der Waals surface area contributed by atoms with E-state index >= 15 is 0 Å². The van der Waals surface area contributed by atoms with Crippen LogP contribution in [-0.4, -0.2) is 16.9 Å². The molecule has 0 atom stereocenters. The lowest BCUT2D eigenvalue weighted by Crippen LogP contribution is -2.16. The molecule has 1 aliphatic rings. The lowest BCUT2D eigenvalue weighted by atomic mass is 10.1. The monoisotopic (exact) mass is 239 g/mol. The van der Waals surface area contributed by atoms with E-state index in [2.05, 4.69) is 39.5 Å². The highest BCUT2D eigenvalue weighted by Gasteiger charge is 2.21. The third-order valence-electron chi connectivity index (χ3n) is 3.43. The van der Waals surface area contributed by atoms with Crippen LogP contribution in [0.2, 0.25) is 0 Å². The van der Waals surface area contributed by atoms with Crippen LogP contribution in [0.1, 0.15) is 16.8 Å². The van der Waals surface area contributed by atoms with Crippen LogP contribution in [0.25, 0.3) is 0 Å². The average Bonchev–Trinajstić information content (AvgIpc) is 2.82. The fourth-order valence-corrected chi connectivity index (χ4v) is 2.56. The van der Waals surface area contributed by atoms with Crippen LogP contribution in [0.15, 0.2) is 42.6 Å². The van der Waals surface area contributed by atoms with Crippen molar-refractivity contribution in [1.82, 2.24) is 9.88 Å². The van der Waals surface area contributed by atoms with Gasteiger partial charge < -0.3 is 5.32 Å². The van der Waals surface area contributed by atoms with Gasteiger partial charge in [-0.15, -0.1) is 0 Å². The minimum absolute atomic E-state index is 0.915. The third kappa shape index (κ3) is 2.09. The van der Waals surface area contributed by atoms with Gasteiger partial charge in [0.1, 0.15) is 0 Å². The molecule has 1 N–H and O–H groups in total. The first-order valence-electron chi connectivity index (χ1n) is 6.27. The fourth-order valence-electron chi connectivity index (χ4n) is 2.56. The summed E-state index contributed by atoms with van der Waals surface area (Å²) in [5.74, 6) is 0. The molecule has 2 heterocycles. The van der Waals surface area contributed by atoms with Crippen LogP contribution < -0.4 is 5.32 Å². The number of hydrogen-bond acceptors (Lipinski definition) is 3. The van der Waals surface area contributed by atoms with Crippen molar-refractivity contribution in [3.63, 3.8) is 0 Å². The molecule has 3 heteroatoms. The van der Waals surface area contributed by atoms with Gasteiger partial charge in [0.2, 0.25) is 0 Å². The molecular formula is C15H17N3. The molecular weight excluding hydrogens is 222 g/mol. The van der Waals surface area contributed by atoms with E-state index in [0.717, 1.165) is 25.3 Å². The van der Waals surface area contributed by atoms with Gasteiger partial charge in [0.25, 0.3) is 0 Å². The average molecular weight is 239 g/mol. The summed E-state index contributed by atoms with van der Waals surface area (Å²) in [5.41, 5.74) is 5.24. The molecule has 1 aliphatic heterocycles. The topological polar surface area (TPSA) is 28.2 Å². The Morgan fingerprint density at radius 2 is 2.11 bits per heavy atom. The Labute approximate surface area is 107 Å². The van der Waals surface area contributed by atoms with Gasteiger partial charge in [-0.3, -0.25) is 9.88 Å². The predicted molar refractivity (Wildman–Crippen MR) is 73.2 cm³/mol. The summed E-state index contributed by atoms with van der Waals surface area (Å²) < 4.78 is 0. The molecule has 0 saturated carbocycles. The second kappa shape index (κ2) is 4.78. The number of anilines is 1. The van der Waals surface area contributed by atoms with Crippen molar-refractivity contribution in [3.8, 4) is 0 Å². The van der Waals surface area contributed by atoms with Gasteiger partial charge in [0.05, 0.1) is 5.69 Å². The first-order valence-corrected chi connectivity index (χ1v) is 6.27. The highest BCUT2D eigenvalue weighted by atomic mass is 15.1.